The highest BCUT2D eigenvalue weighted by Crippen LogP contribution is 2.27. The molecule has 0 aliphatic carbocycles. The fourth-order valence-electron chi connectivity index (χ4n) is 1.66. The first-order valence-corrected chi connectivity index (χ1v) is 5.44. The van der Waals surface area contributed by atoms with Crippen molar-refractivity contribution in [1.29, 1.82) is 0 Å². The van der Waals surface area contributed by atoms with Gasteiger partial charge in [0.25, 0.3) is 0 Å². The van der Waals surface area contributed by atoms with E-state index in [0.717, 1.165) is 5.39 Å². The summed E-state index contributed by atoms with van der Waals surface area (Å²) in [4.78, 5) is 11.4. The van der Waals surface area contributed by atoms with Gasteiger partial charge < -0.3 is 14.9 Å². The first kappa shape index (κ1) is 12.2. The van der Waals surface area contributed by atoms with Crippen LogP contribution in [0.5, 0.6) is 5.75 Å². The van der Waals surface area contributed by atoms with Gasteiger partial charge in [0, 0.05) is 5.39 Å². The Morgan fingerprint density at radius 1 is 1.33 bits per heavy atom. The Labute approximate surface area is 104 Å². The van der Waals surface area contributed by atoms with Crippen LogP contribution in [-0.2, 0) is 4.74 Å². The van der Waals surface area contributed by atoms with Crippen LogP contribution in [0.15, 0.2) is 36.4 Å². The molecule has 1 unspecified atom stereocenters. The summed E-state index contributed by atoms with van der Waals surface area (Å²) in [6.45, 7) is 1.34. The number of ether oxygens (including phenoxy) is 1. The Balaban J connectivity index is 2.33. The van der Waals surface area contributed by atoms with Crippen LogP contribution in [0.4, 0.5) is 10.5 Å². The van der Waals surface area contributed by atoms with Gasteiger partial charge in [0.05, 0.1) is 5.69 Å². The lowest BCUT2D eigenvalue weighted by atomic mass is 10.1. The van der Waals surface area contributed by atoms with Crippen molar-refractivity contribution in [3.05, 3.63) is 36.4 Å². The molecule has 5 nitrogen and oxygen atoms in total. The van der Waals surface area contributed by atoms with E-state index in [1.54, 1.807) is 30.3 Å². The summed E-state index contributed by atoms with van der Waals surface area (Å²) in [6.07, 6.45) is -1.92. The van der Waals surface area contributed by atoms with Crippen LogP contribution >= 0.6 is 0 Å². The number of rotatable bonds is 2. The Morgan fingerprint density at radius 3 is 2.83 bits per heavy atom. The number of carbonyl (C=O) groups excluding carboxylic acids is 1. The maximum atomic E-state index is 11.4. The number of hydrogen-bond donors (Lipinski definition) is 3. The normalized spacial score (nSPS) is 12.1. The predicted molar refractivity (Wildman–Crippen MR) is 67.4 cm³/mol. The molecule has 1 amide bonds. The summed E-state index contributed by atoms with van der Waals surface area (Å²) in [5, 5.41) is 22.5. The third-order valence-corrected chi connectivity index (χ3v) is 2.38. The van der Waals surface area contributed by atoms with Gasteiger partial charge in [-0.1, -0.05) is 18.2 Å². The summed E-state index contributed by atoms with van der Waals surface area (Å²) in [6, 6.07) is 10.2. The number of phenolic OH excluding ortho intramolecular Hbond substituents is 1. The second kappa shape index (κ2) is 4.93. The van der Waals surface area contributed by atoms with Gasteiger partial charge in [0.15, 0.2) is 6.29 Å². The Kier molecular flexibility index (Phi) is 3.34. The van der Waals surface area contributed by atoms with Gasteiger partial charge in [-0.05, 0) is 30.5 Å². The van der Waals surface area contributed by atoms with Crippen LogP contribution in [0.1, 0.15) is 6.92 Å². The highest BCUT2D eigenvalue weighted by molar-refractivity contribution is 6.00. The molecule has 0 radical (unpaired) electrons. The second-order valence-electron chi connectivity index (χ2n) is 3.84. The number of hydrogen-bond acceptors (Lipinski definition) is 4. The molecule has 94 valence electrons. The standard InChI is InChI=1S/C13H13NO4/c1-8(15)18-13(17)14-12-4-2-3-9-5-6-10(16)7-11(9)12/h2-8,15-16H,1H3,(H,14,17). The number of amides is 1. The molecule has 0 spiro atoms. The minimum atomic E-state index is -1.17. The van der Waals surface area contributed by atoms with E-state index in [0.29, 0.717) is 11.1 Å². The molecule has 2 aromatic rings. The molecule has 0 heterocycles. The lowest BCUT2D eigenvalue weighted by Gasteiger charge is -2.11. The minimum Gasteiger partial charge on any atom is -0.508 e. The van der Waals surface area contributed by atoms with Crippen LogP contribution in [0.25, 0.3) is 10.8 Å². The van der Waals surface area contributed by atoms with E-state index >= 15 is 0 Å². The van der Waals surface area contributed by atoms with Crippen molar-refractivity contribution in [3.63, 3.8) is 0 Å². The topological polar surface area (TPSA) is 78.8 Å². The molecule has 0 saturated heterocycles. The molecule has 1 atom stereocenters. The molecular weight excluding hydrogens is 234 g/mol. The molecule has 0 saturated carbocycles. The fraction of sp³-hybridized carbons (Fsp3) is 0.154. The summed E-state index contributed by atoms with van der Waals surface area (Å²) in [5.74, 6) is 0.112. The third kappa shape index (κ3) is 2.70. The monoisotopic (exact) mass is 247 g/mol. The SMILES string of the molecule is CC(O)OC(=O)Nc1cccc2ccc(O)cc12. The van der Waals surface area contributed by atoms with Gasteiger partial charge in [-0.15, -0.1) is 0 Å². The number of nitrogens with one attached hydrogen (secondary N) is 1. The summed E-state index contributed by atoms with van der Waals surface area (Å²) >= 11 is 0. The molecule has 0 aromatic heterocycles. The number of carbonyl (C=O) groups is 1. The van der Waals surface area contributed by atoms with E-state index in [4.69, 9.17) is 5.11 Å². The van der Waals surface area contributed by atoms with Crippen molar-refractivity contribution >= 4 is 22.6 Å². The van der Waals surface area contributed by atoms with Gasteiger partial charge >= 0.3 is 6.09 Å². The van der Waals surface area contributed by atoms with Gasteiger partial charge in [-0.2, -0.15) is 0 Å². The van der Waals surface area contributed by atoms with Crippen molar-refractivity contribution in [2.45, 2.75) is 13.2 Å². The number of aliphatic hydroxyl groups is 1. The zero-order valence-electron chi connectivity index (χ0n) is 9.75. The lowest BCUT2D eigenvalue weighted by Crippen LogP contribution is -2.19. The number of aromatic hydroxyl groups is 1. The molecule has 0 bridgehead atoms. The van der Waals surface area contributed by atoms with Crippen LogP contribution in [0.2, 0.25) is 0 Å². The van der Waals surface area contributed by atoms with Gasteiger partial charge in [0.1, 0.15) is 5.75 Å². The van der Waals surface area contributed by atoms with E-state index in [-0.39, 0.29) is 5.75 Å². The first-order valence-electron chi connectivity index (χ1n) is 5.44. The Hall–Kier alpha value is -2.27. The summed E-state index contributed by atoms with van der Waals surface area (Å²) in [5.41, 5.74) is 0.508. The van der Waals surface area contributed by atoms with Crippen LogP contribution in [-0.4, -0.2) is 22.6 Å². The molecule has 0 aliphatic rings. The van der Waals surface area contributed by atoms with Crippen molar-refractivity contribution in [1.82, 2.24) is 0 Å². The number of benzene rings is 2. The second-order valence-corrected chi connectivity index (χ2v) is 3.84. The molecule has 18 heavy (non-hydrogen) atoms. The van der Waals surface area contributed by atoms with Crippen molar-refractivity contribution in [2.24, 2.45) is 0 Å². The highest BCUT2D eigenvalue weighted by atomic mass is 16.6. The molecule has 2 rings (SSSR count). The maximum Gasteiger partial charge on any atom is 0.413 e. The molecule has 2 aromatic carbocycles. The maximum absolute atomic E-state index is 11.4. The number of phenols is 1. The number of fused-ring (bicyclic) bond motifs is 1. The largest absolute Gasteiger partial charge is 0.508 e. The minimum absolute atomic E-state index is 0.112. The van der Waals surface area contributed by atoms with Crippen molar-refractivity contribution in [2.75, 3.05) is 5.32 Å². The zero-order chi connectivity index (χ0) is 13.1. The van der Waals surface area contributed by atoms with Crippen LogP contribution in [0.3, 0.4) is 0 Å². The Bertz CT molecular complexity index is 580. The lowest BCUT2D eigenvalue weighted by molar-refractivity contribution is -0.0314. The summed E-state index contributed by atoms with van der Waals surface area (Å²) in [7, 11) is 0. The van der Waals surface area contributed by atoms with E-state index in [9.17, 15) is 9.90 Å². The van der Waals surface area contributed by atoms with E-state index in [2.05, 4.69) is 10.1 Å². The van der Waals surface area contributed by atoms with Gasteiger partial charge in [0.2, 0.25) is 0 Å². The van der Waals surface area contributed by atoms with Gasteiger partial charge in [-0.25, -0.2) is 4.79 Å². The average Bonchev–Trinajstić information content (AvgIpc) is 2.28. The molecule has 5 heteroatoms. The number of aliphatic hydroxyl groups excluding tert-OH is 1. The third-order valence-electron chi connectivity index (χ3n) is 2.38. The first-order chi connectivity index (χ1) is 8.56. The predicted octanol–water partition coefficient (Wildman–Crippen LogP) is 2.43. The average molecular weight is 247 g/mol. The van der Waals surface area contributed by atoms with E-state index < -0.39 is 12.4 Å². The van der Waals surface area contributed by atoms with E-state index in [1.807, 2.05) is 6.07 Å². The molecule has 3 N–H and O–H groups in total. The van der Waals surface area contributed by atoms with Crippen molar-refractivity contribution in [3.8, 4) is 5.75 Å². The van der Waals surface area contributed by atoms with Gasteiger partial charge in [-0.3, -0.25) is 5.32 Å². The smallest absolute Gasteiger partial charge is 0.413 e. The quantitative estimate of drug-likeness (QED) is 0.712. The molecular formula is C13H13NO4. The van der Waals surface area contributed by atoms with E-state index in [1.165, 1.54) is 6.92 Å². The fourth-order valence-corrected chi connectivity index (χ4v) is 1.66. The zero-order valence-corrected chi connectivity index (χ0v) is 9.75. The van der Waals surface area contributed by atoms with Crippen molar-refractivity contribution < 1.29 is 19.7 Å². The molecule has 0 fully saturated rings. The highest BCUT2D eigenvalue weighted by Gasteiger charge is 2.09. The molecule has 0 aliphatic heterocycles. The van der Waals surface area contributed by atoms with Crippen LogP contribution in [0, 0.1) is 0 Å². The Morgan fingerprint density at radius 2 is 2.11 bits per heavy atom. The number of anilines is 1. The van der Waals surface area contributed by atoms with Crippen LogP contribution < -0.4 is 5.32 Å². The summed E-state index contributed by atoms with van der Waals surface area (Å²) < 4.78 is 4.58.